The smallest absolute Gasteiger partial charge is 0.317 e. The van der Waals surface area contributed by atoms with Crippen molar-refractivity contribution in [3.8, 4) is 11.8 Å². The lowest BCUT2D eigenvalue weighted by atomic mass is 10.1. The molecule has 3 N–H and O–H groups in total. The summed E-state index contributed by atoms with van der Waals surface area (Å²) in [7, 11) is 0. The predicted octanol–water partition coefficient (Wildman–Crippen LogP) is 1.70. The maximum atomic E-state index is 12.2. The minimum Gasteiger partial charge on any atom is -0.494 e. The molecule has 2 aliphatic rings. The van der Waals surface area contributed by atoms with Gasteiger partial charge in [0.1, 0.15) is 5.75 Å². The Morgan fingerprint density at radius 3 is 2.64 bits per heavy atom. The summed E-state index contributed by atoms with van der Waals surface area (Å²) < 4.78 is 5.74. The van der Waals surface area contributed by atoms with Crippen molar-refractivity contribution < 1.29 is 9.53 Å². The number of rotatable bonds is 8. The van der Waals surface area contributed by atoms with Gasteiger partial charge in [0.05, 0.1) is 18.2 Å². The Hall–Kier alpha value is -2.56. The second-order valence-electron chi connectivity index (χ2n) is 7.49. The number of nitriles is 1. The first-order valence-corrected chi connectivity index (χ1v) is 9.88. The largest absolute Gasteiger partial charge is 0.494 e. The third-order valence-electron chi connectivity index (χ3n) is 5.50. The summed E-state index contributed by atoms with van der Waals surface area (Å²) in [5, 5.41) is 11.7. The molecule has 150 valence electrons. The van der Waals surface area contributed by atoms with Crippen LogP contribution in [-0.2, 0) is 0 Å². The molecule has 2 aliphatic heterocycles. The summed E-state index contributed by atoms with van der Waals surface area (Å²) in [5.41, 5.74) is 6.98. The Bertz CT molecular complexity index is 701. The molecule has 3 rings (SSSR count). The number of fused-ring (bicyclic) bond motifs is 2. The molecule has 0 saturated carbocycles. The van der Waals surface area contributed by atoms with Gasteiger partial charge in [0.2, 0.25) is 0 Å². The zero-order valence-corrected chi connectivity index (χ0v) is 16.2. The fourth-order valence-electron chi connectivity index (χ4n) is 4.04. The van der Waals surface area contributed by atoms with Crippen LogP contribution in [0, 0.1) is 11.3 Å². The van der Waals surface area contributed by atoms with Gasteiger partial charge in [0, 0.05) is 44.3 Å². The maximum absolute atomic E-state index is 12.2. The summed E-state index contributed by atoms with van der Waals surface area (Å²) in [6, 6.07) is 10.0. The molecule has 7 heteroatoms. The third kappa shape index (κ3) is 5.03. The third-order valence-corrected chi connectivity index (χ3v) is 5.50. The van der Waals surface area contributed by atoms with E-state index in [2.05, 4.69) is 22.9 Å². The van der Waals surface area contributed by atoms with Gasteiger partial charge in [-0.15, -0.1) is 6.58 Å². The van der Waals surface area contributed by atoms with Crippen LogP contribution < -0.4 is 15.8 Å². The van der Waals surface area contributed by atoms with Gasteiger partial charge in [-0.25, -0.2) is 4.79 Å². The van der Waals surface area contributed by atoms with E-state index < -0.39 is 0 Å². The molecule has 2 saturated heterocycles. The van der Waals surface area contributed by atoms with Crippen molar-refractivity contribution in [1.82, 2.24) is 15.1 Å². The molecule has 2 heterocycles. The SMILES string of the molecule is C=CCNC(=O)N1CC2CCC(C1)N2CC(N)CCOc1ccc(C#N)cc1. The number of carbonyl (C=O) groups excluding carboxylic acids is 1. The number of hydrogen-bond acceptors (Lipinski definition) is 5. The topological polar surface area (TPSA) is 94.6 Å². The highest BCUT2D eigenvalue weighted by molar-refractivity contribution is 5.74. The number of nitrogens with two attached hydrogens (primary N) is 1. The van der Waals surface area contributed by atoms with E-state index in [1.165, 1.54) is 0 Å². The monoisotopic (exact) mass is 383 g/mol. The van der Waals surface area contributed by atoms with Crippen LogP contribution in [0.15, 0.2) is 36.9 Å². The van der Waals surface area contributed by atoms with Crippen molar-refractivity contribution in [2.45, 2.75) is 37.4 Å². The van der Waals surface area contributed by atoms with E-state index >= 15 is 0 Å². The first-order valence-electron chi connectivity index (χ1n) is 9.88. The molecule has 2 amide bonds. The molecule has 3 unspecified atom stereocenters. The van der Waals surface area contributed by atoms with Crippen molar-refractivity contribution in [3.05, 3.63) is 42.5 Å². The molecule has 1 aromatic rings. The summed E-state index contributed by atoms with van der Waals surface area (Å²) in [6.45, 7) is 7.03. The fourth-order valence-corrected chi connectivity index (χ4v) is 4.04. The van der Waals surface area contributed by atoms with E-state index in [-0.39, 0.29) is 12.1 Å². The van der Waals surface area contributed by atoms with Crippen molar-refractivity contribution in [2.75, 3.05) is 32.8 Å². The van der Waals surface area contributed by atoms with Gasteiger partial charge in [-0.2, -0.15) is 5.26 Å². The first-order chi connectivity index (χ1) is 13.6. The second kappa shape index (κ2) is 9.58. The summed E-state index contributed by atoms with van der Waals surface area (Å²) >= 11 is 0. The van der Waals surface area contributed by atoms with Crippen LogP contribution in [0.3, 0.4) is 0 Å². The Kier molecular flexibility index (Phi) is 6.90. The minimum atomic E-state index is -0.00318. The maximum Gasteiger partial charge on any atom is 0.317 e. The quantitative estimate of drug-likeness (QED) is 0.666. The van der Waals surface area contributed by atoms with Gasteiger partial charge in [-0.1, -0.05) is 6.08 Å². The normalized spacial score (nSPS) is 22.4. The average molecular weight is 383 g/mol. The summed E-state index contributed by atoms with van der Waals surface area (Å²) in [5.74, 6) is 0.755. The van der Waals surface area contributed by atoms with Crippen LogP contribution in [0.1, 0.15) is 24.8 Å². The molecule has 7 nitrogen and oxygen atoms in total. The van der Waals surface area contributed by atoms with Gasteiger partial charge in [0.25, 0.3) is 0 Å². The van der Waals surface area contributed by atoms with Crippen molar-refractivity contribution in [1.29, 1.82) is 5.26 Å². The zero-order chi connectivity index (χ0) is 19.9. The zero-order valence-electron chi connectivity index (χ0n) is 16.2. The van der Waals surface area contributed by atoms with Crippen LogP contribution in [0.25, 0.3) is 0 Å². The van der Waals surface area contributed by atoms with Crippen molar-refractivity contribution in [3.63, 3.8) is 0 Å². The highest BCUT2D eigenvalue weighted by Gasteiger charge is 2.41. The number of nitrogens with one attached hydrogen (secondary N) is 1. The molecule has 1 aromatic carbocycles. The van der Waals surface area contributed by atoms with Crippen LogP contribution in [0.2, 0.25) is 0 Å². The van der Waals surface area contributed by atoms with Crippen LogP contribution >= 0.6 is 0 Å². The van der Waals surface area contributed by atoms with Gasteiger partial charge in [-0.3, -0.25) is 4.90 Å². The lowest BCUT2D eigenvalue weighted by Crippen LogP contribution is -2.59. The van der Waals surface area contributed by atoms with Crippen LogP contribution in [0.5, 0.6) is 5.75 Å². The molecule has 0 spiro atoms. The number of benzene rings is 1. The number of urea groups is 1. The van der Waals surface area contributed by atoms with E-state index in [0.29, 0.717) is 30.8 Å². The lowest BCUT2D eigenvalue weighted by molar-refractivity contribution is 0.0761. The fraction of sp³-hybridized carbons (Fsp3) is 0.524. The number of piperazine rings is 1. The molecular formula is C21H29N5O2. The van der Waals surface area contributed by atoms with Gasteiger partial charge in [0.15, 0.2) is 0 Å². The Balaban J connectivity index is 1.42. The second-order valence-corrected chi connectivity index (χ2v) is 7.49. The molecule has 0 aliphatic carbocycles. The van der Waals surface area contributed by atoms with Gasteiger partial charge >= 0.3 is 6.03 Å². The number of hydrogen-bond donors (Lipinski definition) is 2. The van der Waals surface area contributed by atoms with Gasteiger partial charge < -0.3 is 20.7 Å². The number of carbonyl (C=O) groups is 1. The lowest BCUT2D eigenvalue weighted by Gasteiger charge is -2.41. The van der Waals surface area contributed by atoms with E-state index in [4.69, 9.17) is 15.7 Å². The van der Waals surface area contributed by atoms with E-state index in [0.717, 1.165) is 44.6 Å². The standard InChI is InChI=1S/C21H29N5O2/c1-2-10-24-21(27)25-14-18-5-6-19(15-25)26(18)13-17(23)9-11-28-20-7-3-16(12-22)4-8-20/h2-4,7-8,17-19H,1,5-6,9-11,13-15,23H2,(H,24,27). The van der Waals surface area contributed by atoms with Crippen LogP contribution in [0.4, 0.5) is 4.79 Å². The van der Waals surface area contributed by atoms with Crippen molar-refractivity contribution >= 4 is 6.03 Å². The predicted molar refractivity (Wildman–Crippen MR) is 108 cm³/mol. The summed E-state index contributed by atoms with van der Waals surface area (Å²) in [4.78, 5) is 16.6. The molecule has 2 bridgehead atoms. The molecule has 2 fully saturated rings. The van der Waals surface area contributed by atoms with E-state index in [1.54, 1.807) is 30.3 Å². The number of likely N-dealkylation sites (tertiary alicyclic amines) is 1. The Morgan fingerprint density at radius 1 is 1.36 bits per heavy atom. The molecule has 3 atom stereocenters. The number of ether oxygens (including phenoxy) is 1. The minimum absolute atomic E-state index is 0.00318. The Labute approximate surface area is 166 Å². The van der Waals surface area contributed by atoms with Gasteiger partial charge in [-0.05, 0) is 43.5 Å². The Morgan fingerprint density at radius 2 is 2.04 bits per heavy atom. The molecule has 0 radical (unpaired) electrons. The van der Waals surface area contributed by atoms with E-state index in [9.17, 15) is 4.79 Å². The molecule has 0 aromatic heterocycles. The first kappa shape index (κ1) is 20.2. The summed E-state index contributed by atoms with van der Waals surface area (Å²) in [6.07, 6.45) is 4.69. The highest BCUT2D eigenvalue weighted by Crippen LogP contribution is 2.30. The molecule has 28 heavy (non-hydrogen) atoms. The van der Waals surface area contributed by atoms with E-state index in [1.807, 2.05) is 4.90 Å². The van der Waals surface area contributed by atoms with Crippen LogP contribution in [-0.4, -0.2) is 66.7 Å². The van der Waals surface area contributed by atoms with Crippen molar-refractivity contribution in [2.24, 2.45) is 5.73 Å². The molecular weight excluding hydrogens is 354 g/mol. The highest BCUT2D eigenvalue weighted by atomic mass is 16.5. The average Bonchev–Trinajstić information content (AvgIpc) is 2.93. The number of nitrogens with zero attached hydrogens (tertiary/aromatic N) is 3. The number of amides is 2.